The second-order valence-electron chi connectivity index (χ2n) is 7.03. The molecule has 0 fully saturated rings. The molecule has 4 rings (SSSR count). The summed E-state index contributed by atoms with van der Waals surface area (Å²) in [6.07, 6.45) is 4.92. The molecule has 0 atom stereocenters. The Balaban J connectivity index is 1.32. The molecule has 0 aliphatic carbocycles. The summed E-state index contributed by atoms with van der Waals surface area (Å²) < 4.78 is 17.6. The van der Waals surface area contributed by atoms with Crippen LogP contribution < -0.4 is 14.8 Å². The predicted molar refractivity (Wildman–Crippen MR) is 120 cm³/mol. The third-order valence-electron chi connectivity index (χ3n) is 4.98. The summed E-state index contributed by atoms with van der Waals surface area (Å²) in [7, 11) is 2.99. The first-order chi connectivity index (χ1) is 15.7. The van der Waals surface area contributed by atoms with E-state index >= 15 is 0 Å². The summed E-state index contributed by atoms with van der Waals surface area (Å²) in [4.78, 5) is 20.2. The molecule has 0 radical (unpaired) electrons. The van der Waals surface area contributed by atoms with Crippen molar-refractivity contribution in [3.63, 3.8) is 0 Å². The van der Waals surface area contributed by atoms with Crippen LogP contribution in [0.3, 0.4) is 0 Å². The van der Waals surface area contributed by atoms with Crippen molar-refractivity contribution in [2.24, 2.45) is 0 Å². The van der Waals surface area contributed by atoms with Crippen molar-refractivity contribution >= 4 is 11.6 Å². The quantitative estimate of drug-likeness (QED) is 0.321. The van der Waals surface area contributed by atoms with Gasteiger partial charge in [-0.15, -0.1) is 0 Å². The largest absolute Gasteiger partial charge is 0.497 e. The van der Waals surface area contributed by atoms with Gasteiger partial charge < -0.3 is 19.5 Å². The van der Waals surface area contributed by atoms with E-state index in [0.717, 1.165) is 35.8 Å². The van der Waals surface area contributed by atoms with Crippen LogP contribution in [0.1, 0.15) is 16.1 Å². The van der Waals surface area contributed by atoms with E-state index in [1.807, 2.05) is 52.9 Å². The number of imidazole rings is 1. The number of benzene rings is 2. The Kier molecular flexibility index (Phi) is 6.62. The summed E-state index contributed by atoms with van der Waals surface area (Å²) in [6.45, 7) is 2.05. The first-order valence-corrected chi connectivity index (χ1v) is 10.2. The molecular formula is C24H24N4O4. The number of fused-ring (bicyclic) bond motifs is 1. The molecule has 2 aromatic carbocycles. The Morgan fingerprint density at radius 1 is 0.969 bits per heavy atom. The van der Waals surface area contributed by atoms with Gasteiger partial charge in [-0.1, -0.05) is 12.1 Å². The normalized spacial score (nSPS) is 10.8. The molecule has 2 heterocycles. The van der Waals surface area contributed by atoms with E-state index in [4.69, 9.17) is 14.2 Å². The predicted octanol–water partition coefficient (Wildman–Crippen LogP) is 3.36. The Bertz CT molecular complexity index is 1190. The Hall–Kier alpha value is -3.91. The van der Waals surface area contributed by atoms with Gasteiger partial charge in [-0.05, 0) is 42.0 Å². The molecule has 164 valence electrons. The smallest absolute Gasteiger partial charge is 0.358 e. The zero-order chi connectivity index (χ0) is 22.3. The summed E-state index contributed by atoms with van der Waals surface area (Å²) in [5.41, 5.74) is 3.86. The zero-order valence-corrected chi connectivity index (χ0v) is 17.9. The van der Waals surface area contributed by atoms with E-state index in [9.17, 15) is 4.79 Å². The number of hydrogen-bond donors (Lipinski definition) is 1. The fraction of sp³-hybridized carbons (Fsp3) is 0.208. The highest BCUT2D eigenvalue weighted by Gasteiger charge is 2.12. The third kappa shape index (κ3) is 4.87. The second-order valence-corrected chi connectivity index (χ2v) is 7.03. The fourth-order valence-corrected chi connectivity index (χ4v) is 3.25. The van der Waals surface area contributed by atoms with Crippen molar-refractivity contribution in [3.8, 4) is 22.8 Å². The van der Waals surface area contributed by atoms with Crippen LogP contribution in [-0.2, 0) is 11.3 Å². The van der Waals surface area contributed by atoms with Crippen LogP contribution in [0.25, 0.3) is 16.9 Å². The van der Waals surface area contributed by atoms with E-state index in [1.54, 1.807) is 25.7 Å². The van der Waals surface area contributed by atoms with Gasteiger partial charge in [-0.3, -0.25) is 4.40 Å². The van der Waals surface area contributed by atoms with Gasteiger partial charge >= 0.3 is 5.97 Å². The highest BCUT2D eigenvalue weighted by molar-refractivity contribution is 5.87. The molecule has 0 aliphatic rings. The van der Waals surface area contributed by atoms with Gasteiger partial charge in [0.25, 0.3) is 0 Å². The highest BCUT2D eigenvalue weighted by Crippen LogP contribution is 2.23. The number of nitrogens with zero attached hydrogens (tertiary/aromatic N) is 3. The van der Waals surface area contributed by atoms with Crippen molar-refractivity contribution in [2.75, 3.05) is 27.4 Å². The molecule has 4 aromatic rings. The van der Waals surface area contributed by atoms with Crippen LogP contribution in [-0.4, -0.2) is 47.7 Å². The van der Waals surface area contributed by atoms with Crippen LogP contribution in [0.5, 0.6) is 11.5 Å². The van der Waals surface area contributed by atoms with E-state index in [1.165, 1.54) is 12.7 Å². The molecule has 32 heavy (non-hydrogen) atoms. The molecule has 0 bridgehead atoms. The number of ether oxygens (including phenoxy) is 3. The maximum Gasteiger partial charge on any atom is 0.358 e. The average molecular weight is 432 g/mol. The van der Waals surface area contributed by atoms with E-state index in [0.29, 0.717) is 12.3 Å². The summed E-state index contributed by atoms with van der Waals surface area (Å²) in [5, 5.41) is 3.36. The molecule has 8 nitrogen and oxygen atoms in total. The molecule has 1 N–H and O–H groups in total. The Morgan fingerprint density at radius 2 is 1.72 bits per heavy atom. The van der Waals surface area contributed by atoms with Gasteiger partial charge in [0.05, 0.1) is 32.3 Å². The van der Waals surface area contributed by atoms with E-state index in [-0.39, 0.29) is 5.69 Å². The van der Waals surface area contributed by atoms with Crippen molar-refractivity contribution in [1.29, 1.82) is 0 Å². The van der Waals surface area contributed by atoms with Crippen LogP contribution in [0, 0.1) is 0 Å². The molecule has 0 unspecified atom stereocenters. The van der Waals surface area contributed by atoms with Gasteiger partial charge in [0.15, 0.2) is 11.3 Å². The lowest BCUT2D eigenvalue weighted by atomic mass is 10.1. The molecule has 2 aromatic heterocycles. The van der Waals surface area contributed by atoms with Crippen LogP contribution >= 0.6 is 0 Å². The van der Waals surface area contributed by atoms with Gasteiger partial charge in [-0.25, -0.2) is 14.8 Å². The monoisotopic (exact) mass is 432 g/mol. The van der Waals surface area contributed by atoms with Crippen LogP contribution in [0.2, 0.25) is 0 Å². The number of carbonyl (C=O) groups excluding carboxylic acids is 1. The first-order valence-electron chi connectivity index (χ1n) is 10.2. The maximum atomic E-state index is 11.8. The molecular weight excluding hydrogens is 408 g/mol. The summed E-state index contributed by atoms with van der Waals surface area (Å²) in [6, 6.07) is 15.7. The number of esters is 1. The number of hydrogen-bond acceptors (Lipinski definition) is 7. The minimum absolute atomic E-state index is 0.223. The van der Waals surface area contributed by atoms with Crippen molar-refractivity contribution in [3.05, 3.63) is 78.4 Å². The topological polar surface area (TPSA) is 87.0 Å². The second kappa shape index (κ2) is 9.93. The summed E-state index contributed by atoms with van der Waals surface area (Å²) >= 11 is 0. The van der Waals surface area contributed by atoms with Crippen molar-refractivity contribution in [2.45, 2.75) is 6.54 Å². The van der Waals surface area contributed by atoms with Crippen LogP contribution in [0.15, 0.2) is 67.1 Å². The van der Waals surface area contributed by atoms with Gasteiger partial charge in [0.1, 0.15) is 18.1 Å². The number of aromatic nitrogens is 3. The maximum absolute atomic E-state index is 11.8. The number of carbonyl (C=O) groups is 1. The number of nitrogens with one attached hydrogen (secondary N) is 1. The molecule has 0 saturated heterocycles. The Morgan fingerprint density at radius 3 is 2.44 bits per heavy atom. The van der Waals surface area contributed by atoms with Gasteiger partial charge in [0, 0.05) is 24.8 Å². The lowest BCUT2D eigenvalue weighted by Gasteiger charge is -2.09. The number of rotatable bonds is 9. The third-order valence-corrected chi connectivity index (χ3v) is 4.98. The molecule has 0 aliphatic heterocycles. The van der Waals surface area contributed by atoms with E-state index in [2.05, 4.69) is 15.3 Å². The van der Waals surface area contributed by atoms with Crippen LogP contribution in [0.4, 0.5) is 0 Å². The average Bonchev–Trinajstić information content (AvgIpc) is 3.27. The van der Waals surface area contributed by atoms with Gasteiger partial charge in [-0.2, -0.15) is 0 Å². The minimum atomic E-state index is -0.490. The lowest BCUT2D eigenvalue weighted by Crippen LogP contribution is -2.20. The van der Waals surface area contributed by atoms with E-state index < -0.39 is 5.97 Å². The standard InChI is InChI=1S/C24H24N4O4/c1-30-19-7-3-17(4-8-19)13-25-11-12-32-20-9-5-18(6-10-20)22-14-27-23-15-26-21(16-28(22)23)24(29)31-2/h3-10,14-16,25H,11-13H2,1-2H3. The summed E-state index contributed by atoms with van der Waals surface area (Å²) in [5.74, 6) is 1.15. The first kappa shape index (κ1) is 21.3. The zero-order valence-electron chi connectivity index (χ0n) is 17.9. The molecule has 0 spiro atoms. The molecule has 0 amide bonds. The fourth-order valence-electron chi connectivity index (χ4n) is 3.25. The van der Waals surface area contributed by atoms with Crippen molar-refractivity contribution in [1.82, 2.24) is 19.7 Å². The number of methoxy groups -OCH3 is 2. The molecule has 8 heteroatoms. The lowest BCUT2D eigenvalue weighted by molar-refractivity contribution is 0.0593. The SMILES string of the molecule is COC(=O)c1cn2c(-c3ccc(OCCNCc4ccc(OC)cc4)cc3)cnc2cn1. The Labute approximate surface area is 185 Å². The minimum Gasteiger partial charge on any atom is -0.497 e. The molecule has 0 saturated carbocycles. The highest BCUT2D eigenvalue weighted by atomic mass is 16.5. The van der Waals surface area contributed by atoms with Crippen molar-refractivity contribution < 1.29 is 19.0 Å². The van der Waals surface area contributed by atoms with Gasteiger partial charge in [0.2, 0.25) is 0 Å².